The summed E-state index contributed by atoms with van der Waals surface area (Å²) < 4.78 is 5.72. The molecule has 1 N–H and O–H groups in total. The highest BCUT2D eigenvalue weighted by Crippen LogP contribution is 2.13. The van der Waals surface area contributed by atoms with E-state index in [-0.39, 0.29) is 0 Å². The number of hydrogen-bond donors (Lipinski definition) is 1. The predicted octanol–water partition coefficient (Wildman–Crippen LogP) is 3.25. The first-order valence-electron chi connectivity index (χ1n) is 6.86. The number of unbranched alkanes of at least 4 members (excludes halogenated alkanes) is 1. The third-order valence-corrected chi connectivity index (χ3v) is 3.11. The number of rotatable bonds is 9. The van der Waals surface area contributed by atoms with Gasteiger partial charge in [-0.05, 0) is 12.3 Å². The maximum absolute atomic E-state index is 5.72. The molecule has 1 aromatic heterocycles. The lowest BCUT2D eigenvalue weighted by Gasteiger charge is -2.14. The minimum absolute atomic E-state index is 0.555. The Balaban J connectivity index is 2.26. The molecule has 0 bridgehead atoms. The van der Waals surface area contributed by atoms with Crippen molar-refractivity contribution < 1.29 is 4.74 Å². The first-order chi connectivity index (χ1) is 8.80. The highest BCUT2D eigenvalue weighted by molar-refractivity contribution is 5.29. The second-order valence-corrected chi connectivity index (χ2v) is 4.57. The summed E-state index contributed by atoms with van der Waals surface area (Å²) in [5, 5.41) is 2.95. The molecule has 0 saturated heterocycles. The van der Waals surface area contributed by atoms with Gasteiger partial charge in [0.2, 0.25) is 0 Å². The average Bonchev–Trinajstić information content (AvgIpc) is 2.43. The van der Waals surface area contributed by atoms with Gasteiger partial charge in [-0.15, -0.1) is 0 Å². The van der Waals surface area contributed by atoms with Crippen LogP contribution < -0.4 is 5.32 Å². The maximum Gasteiger partial charge on any atom is 0.144 e. The molecule has 0 aromatic carbocycles. The van der Waals surface area contributed by atoms with Gasteiger partial charge in [-0.25, -0.2) is 4.98 Å². The Hall–Kier alpha value is -1.16. The zero-order valence-electron chi connectivity index (χ0n) is 11.8. The van der Waals surface area contributed by atoms with Crippen molar-refractivity contribution in [2.75, 3.05) is 19.0 Å². The van der Waals surface area contributed by atoms with Crippen LogP contribution in [0.15, 0.2) is 12.4 Å². The van der Waals surface area contributed by atoms with Crippen molar-refractivity contribution in [3.63, 3.8) is 0 Å². The lowest BCUT2D eigenvalue weighted by molar-refractivity contribution is 0.0798. The van der Waals surface area contributed by atoms with Crippen LogP contribution in [0.1, 0.15) is 45.2 Å². The Labute approximate surface area is 110 Å². The number of ether oxygens (including phenoxy) is 1. The van der Waals surface area contributed by atoms with E-state index in [2.05, 4.69) is 29.1 Å². The molecule has 1 rings (SSSR count). The van der Waals surface area contributed by atoms with Crippen molar-refractivity contribution in [2.45, 2.75) is 46.1 Å². The summed E-state index contributed by atoms with van der Waals surface area (Å²) in [7, 11) is 1.83. The zero-order chi connectivity index (χ0) is 13.2. The molecular formula is C14H25N3O. The van der Waals surface area contributed by atoms with Gasteiger partial charge in [-0.1, -0.05) is 33.1 Å². The lowest BCUT2D eigenvalue weighted by Crippen LogP contribution is -2.09. The van der Waals surface area contributed by atoms with Crippen LogP contribution in [0.4, 0.5) is 5.82 Å². The van der Waals surface area contributed by atoms with Crippen LogP contribution in [0.2, 0.25) is 0 Å². The van der Waals surface area contributed by atoms with Gasteiger partial charge in [0, 0.05) is 13.7 Å². The number of nitrogens with zero attached hydrogens (tertiary/aromatic N) is 2. The van der Waals surface area contributed by atoms with E-state index in [0.29, 0.717) is 12.5 Å². The Morgan fingerprint density at radius 3 is 2.67 bits per heavy atom. The third kappa shape index (κ3) is 5.45. The second kappa shape index (κ2) is 8.86. The summed E-state index contributed by atoms with van der Waals surface area (Å²) in [5.41, 5.74) is 0.888. The van der Waals surface area contributed by atoms with E-state index in [0.717, 1.165) is 18.1 Å². The first-order valence-corrected chi connectivity index (χ1v) is 6.86. The van der Waals surface area contributed by atoms with E-state index in [4.69, 9.17) is 4.74 Å². The third-order valence-electron chi connectivity index (χ3n) is 3.11. The van der Waals surface area contributed by atoms with Crippen LogP contribution in [0.25, 0.3) is 0 Å². The molecule has 0 saturated carbocycles. The van der Waals surface area contributed by atoms with E-state index in [1.54, 1.807) is 12.4 Å². The van der Waals surface area contributed by atoms with Crippen molar-refractivity contribution in [3.05, 3.63) is 18.1 Å². The Morgan fingerprint density at radius 2 is 2.11 bits per heavy atom. The molecule has 0 radical (unpaired) electrons. The lowest BCUT2D eigenvalue weighted by atomic mass is 10.0. The van der Waals surface area contributed by atoms with Gasteiger partial charge in [0.05, 0.1) is 24.7 Å². The summed E-state index contributed by atoms with van der Waals surface area (Å²) in [6.07, 6.45) is 8.49. The van der Waals surface area contributed by atoms with Crippen molar-refractivity contribution in [1.82, 2.24) is 9.97 Å². The largest absolute Gasteiger partial charge is 0.375 e. The Kier molecular flexibility index (Phi) is 7.34. The SMILES string of the molecule is CCCCC(CC)COCc1cnc(NC)cn1. The molecule has 0 amide bonds. The summed E-state index contributed by atoms with van der Waals surface area (Å²) in [6, 6.07) is 0. The molecule has 1 atom stereocenters. The molecule has 18 heavy (non-hydrogen) atoms. The molecule has 1 heterocycles. The van der Waals surface area contributed by atoms with Crippen LogP contribution in [0.3, 0.4) is 0 Å². The number of aromatic nitrogens is 2. The Morgan fingerprint density at radius 1 is 1.28 bits per heavy atom. The summed E-state index contributed by atoms with van der Waals surface area (Å²) in [6.45, 7) is 5.84. The van der Waals surface area contributed by atoms with Gasteiger partial charge in [0.1, 0.15) is 5.82 Å². The topological polar surface area (TPSA) is 47.0 Å². The molecule has 102 valence electrons. The summed E-state index contributed by atoms with van der Waals surface area (Å²) >= 11 is 0. The molecule has 0 aliphatic rings. The highest BCUT2D eigenvalue weighted by atomic mass is 16.5. The molecule has 4 heteroatoms. The highest BCUT2D eigenvalue weighted by Gasteiger charge is 2.06. The van der Waals surface area contributed by atoms with Gasteiger partial charge in [0.25, 0.3) is 0 Å². The standard InChI is InChI=1S/C14H25N3O/c1-4-6-7-12(5-2)10-18-11-13-8-17-14(15-3)9-16-13/h8-9,12H,4-7,10-11H2,1-3H3,(H,15,17). The number of nitrogens with one attached hydrogen (secondary N) is 1. The molecule has 0 spiro atoms. The van der Waals surface area contributed by atoms with Crippen LogP contribution in [0, 0.1) is 5.92 Å². The number of anilines is 1. The smallest absolute Gasteiger partial charge is 0.144 e. The van der Waals surface area contributed by atoms with Gasteiger partial charge < -0.3 is 10.1 Å². The first kappa shape index (κ1) is 14.9. The summed E-state index contributed by atoms with van der Waals surface area (Å²) in [5.74, 6) is 1.46. The minimum Gasteiger partial charge on any atom is -0.375 e. The molecule has 1 aromatic rings. The molecule has 1 unspecified atom stereocenters. The van der Waals surface area contributed by atoms with Crippen LogP contribution in [0.5, 0.6) is 0 Å². The molecule has 0 aliphatic heterocycles. The quantitative estimate of drug-likeness (QED) is 0.732. The predicted molar refractivity (Wildman–Crippen MR) is 74.5 cm³/mol. The van der Waals surface area contributed by atoms with E-state index in [1.165, 1.54) is 25.7 Å². The molecular weight excluding hydrogens is 226 g/mol. The van der Waals surface area contributed by atoms with Crippen LogP contribution in [-0.2, 0) is 11.3 Å². The van der Waals surface area contributed by atoms with Gasteiger partial charge in [-0.3, -0.25) is 4.98 Å². The van der Waals surface area contributed by atoms with Crippen molar-refractivity contribution in [1.29, 1.82) is 0 Å². The monoisotopic (exact) mass is 251 g/mol. The summed E-state index contributed by atoms with van der Waals surface area (Å²) in [4.78, 5) is 8.50. The van der Waals surface area contributed by atoms with Crippen LogP contribution >= 0.6 is 0 Å². The molecule has 0 aliphatic carbocycles. The van der Waals surface area contributed by atoms with E-state index >= 15 is 0 Å². The van der Waals surface area contributed by atoms with Crippen molar-refractivity contribution >= 4 is 5.82 Å². The van der Waals surface area contributed by atoms with Gasteiger partial charge in [0.15, 0.2) is 0 Å². The zero-order valence-corrected chi connectivity index (χ0v) is 11.8. The average molecular weight is 251 g/mol. The van der Waals surface area contributed by atoms with Gasteiger partial charge >= 0.3 is 0 Å². The van der Waals surface area contributed by atoms with Crippen LogP contribution in [-0.4, -0.2) is 23.6 Å². The Bertz CT molecular complexity index is 313. The second-order valence-electron chi connectivity index (χ2n) is 4.57. The minimum atomic E-state index is 0.555. The van der Waals surface area contributed by atoms with Gasteiger partial charge in [-0.2, -0.15) is 0 Å². The van der Waals surface area contributed by atoms with E-state index in [1.807, 2.05) is 7.05 Å². The molecule has 4 nitrogen and oxygen atoms in total. The fourth-order valence-corrected chi connectivity index (χ4v) is 1.79. The fourth-order valence-electron chi connectivity index (χ4n) is 1.79. The van der Waals surface area contributed by atoms with Crippen molar-refractivity contribution in [2.24, 2.45) is 5.92 Å². The van der Waals surface area contributed by atoms with Crippen molar-refractivity contribution in [3.8, 4) is 0 Å². The normalized spacial score (nSPS) is 12.4. The number of hydrogen-bond acceptors (Lipinski definition) is 4. The fraction of sp³-hybridized carbons (Fsp3) is 0.714. The maximum atomic E-state index is 5.72. The van der Waals surface area contributed by atoms with E-state index < -0.39 is 0 Å². The molecule has 0 fully saturated rings. The van der Waals surface area contributed by atoms with E-state index in [9.17, 15) is 0 Å².